The Hall–Kier alpha value is -2.73. The molecular formula is C21H24FN3O2. The highest BCUT2D eigenvalue weighted by atomic mass is 19.1. The number of anilines is 2. The van der Waals surface area contributed by atoms with Gasteiger partial charge in [-0.2, -0.15) is 0 Å². The lowest BCUT2D eigenvalue weighted by atomic mass is 10.1. The summed E-state index contributed by atoms with van der Waals surface area (Å²) in [5.41, 5.74) is 2.42. The number of rotatable bonds is 6. The summed E-state index contributed by atoms with van der Waals surface area (Å²) in [6.45, 7) is 2.89. The average molecular weight is 369 g/mol. The highest BCUT2D eigenvalue weighted by molar-refractivity contribution is 5.97. The van der Waals surface area contributed by atoms with Gasteiger partial charge in [-0.1, -0.05) is 18.2 Å². The van der Waals surface area contributed by atoms with Crippen LogP contribution in [0.5, 0.6) is 0 Å². The van der Waals surface area contributed by atoms with E-state index in [1.807, 2.05) is 43.1 Å². The van der Waals surface area contributed by atoms with Gasteiger partial charge in [-0.15, -0.1) is 0 Å². The molecule has 0 spiro atoms. The Morgan fingerprint density at radius 1 is 1.26 bits per heavy atom. The summed E-state index contributed by atoms with van der Waals surface area (Å²) in [6.07, 6.45) is 1.43. The fourth-order valence-electron chi connectivity index (χ4n) is 3.23. The van der Waals surface area contributed by atoms with Gasteiger partial charge >= 0.3 is 0 Å². The highest BCUT2D eigenvalue weighted by Gasteiger charge is 2.22. The van der Waals surface area contributed by atoms with E-state index < -0.39 is 0 Å². The molecule has 1 saturated heterocycles. The summed E-state index contributed by atoms with van der Waals surface area (Å²) in [5.74, 6) is -0.301. The quantitative estimate of drug-likeness (QED) is 0.847. The Morgan fingerprint density at radius 3 is 2.67 bits per heavy atom. The van der Waals surface area contributed by atoms with Gasteiger partial charge in [-0.25, -0.2) is 4.39 Å². The Kier molecular flexibility index (Phi) is 5.86. The summed E-state index contributed by atoms with van der Waals surface area (Å²) in [6, 6.07) is 13.6. The van der Waals surface area contributed by atoms with E-state index >= 15 is 0 Å². The van der Waals surface area contributed by atoms with Crippen LogP contribution in [0.1, 0.15) is 31.4 Å². The SMILES string of the molecule is CC(c1ccc(F)cc1)N(C)CC(=O)Nc1cccc(N2CCCC2=O)c1. The summed E-state index contributed by atoms with van der Waals surface area (Å²) >= 11 is 0. The molecular weight excluding hydrogens is 345 g/mol. The topological polar surface area (TPSA) is 52.7 Å². The minimum absolute atomic E-state index is 0.0232. The number of hydrogen-bond donors (Lipinski definition) is 1. The standard InChI is InChI=1S/C21H24FN3O2/c1-15(16-8-10-17(22)11-9-16)24(2)14-20(26)23-18-5-3-6-19(13-18)25-12-4-7-21(25)27/h3,5-6,8-11,13,15H,4,7,12,14H2,1-2H3,(H,23,26). The van der Waals surface area contributed by atoms with E-state index in [1.54, 1.807) is 17.0 Å². The third-order valence-corrected chi connectivity index (χ3v) is 4.92. The maximum atomic E-state index is 13.1. The van der Waals surface area contributed by atoms with Crippen molar-refractivity contribution in [1.82, 2.24) is 4.90 Å². The number of carbonyl (C=O) groups is 2. The van der Waals surface area contributed by atoms with Crippen LogP contribution in [0.15, 0.2) is 48.5 Å². The maximum absolute atomic E-state index is 13.1. The maximum Gasteiger partial charge on any atom is 0.238 e. The Bertz CT molecular complexity index is 822. The number of halogens is 1. The van der Waals surface area contributed by atoms with Crippen molar-refractivity contribution >= 4 is 23.2 Å². The van der Waals surface area contributed by atoms with E-state index in [-0.39, 0.29) is 30.2 Å². The molecule has 0 bridgehead atoms. The monoisotopic (exact) mass is 369 g/mol. The number of hydrogen-bond acceptors (Lipinski definition) is 3. The van der Waals surface area contributed by atoms with Crippen LogP contribution in [-0.2, 0) is 9.59 Å². The zero-order valence-corrected chi connectivity index (χ0v) is 15.6. The van der Waals surface area contributed by atoms with Gasteiger partial charge in [-0.3, -0.25) is 14.5 Å². The van der Waals surface area contributed by atoms with Crippen molar-refractivity contribution in [1.29, 1.82) is 0 Å². The molecule has 3 rings (SSSR count). The van der Waals surface area contributed by atoms with E-state index in [4.69, 9.17) is 0 Å². The first-order chi connectivity index (χ1) is 12.9. The summed E-state index contributed by atoms with van der Waals surface area (Å²) in [5, 5.41) is 2.89. The molecule has 6 heteroatoms. The van der Waals surface area contributed by atoms with Crippen LogP contribution in [0.2, 0.25) is 0 Å². The van der Waals surface area contributed by atoms with Crippen molar-refractivity contribution in [2.45, 2.75) is 25.8 Å². The Balaban J connectivity index is 1.60. The van der Waals surface area contributed by atoms with Gasteiger partial charge in [-0.05, 0) is 56.3 Å². The summed E-state index contributed by atoms with van der Waals surface area (Å²) < 4.78 is 13.1. The largest absolute Gasteiger partial charge is 0.325 e. The Labute approximate surface area is 158 Å². The molecule has 1 fully saturated rings. The third-order valence-electron chi connectivity index (χ3n) is 4.92. The summed E-state index contributed by atoms with van der Waals surface area (Å²) in [4.78, 5) is 28.0. The number of nitrogens with zero attached hydrogens (tertiary/aromatic N) is 2. The van der Waals surface area contributed by atoms with Crippen LogP contribution >= 0.6 is 0 Å². The smallest absolute Gasteiger partial charge is 0.238 e. The van der Waals surface area contributed by atoms with Crippen molar-refractivity contribution in [3.05, 3.63) is 59.9 Å². The molecule has 0 aliphatic carbocycles. The number of benzene rings is 2. The van der Waals surface area contributed by atoms with Gasteiger partial charge in [0, 0.05) is 30.4 Å². The molecule has 0 radical (unpaired) electrons. The molecule has 5 nitrogen and oxygen atoms in total. The third kappa shape index (κ3) is 4.71. The van der Waals surface area contributed by atoms with Crippen LogP contribution < -0.4 is 10.2 Å². The van der Waals surface area contributed by atoms with Crippen molar-refractivity contribution in [2.75, 3.05) is 30.4 Å². The first-order valence-electron chi connectivity index (χ1n) is 9.10. The summed E-state index contributed by atoms with van der Waals surface area (Å²) in [7, 11) is 1.85. The molecule has 1 aliphatic heterocycles. The van der Waals surface area contributed by atoms with Crippen molar-refractivity contribution < 1.29 is 14.0 Å². The number of amides is 2. The van der Waals surface area contributed by atoms with E-state index in [0.717, 1.165) is 17.7 Å². The fraction of sp³-hybridized carbons (Fsp3) is 0.333. The second-order valence-electron chi connectivity index (χ2n) is 6.89. The lowest BCUT2D eigenvalue weighted by Crippen LogP contribution is -2.32. The number of nitrogens with one attached hydrogen (secondary N) is 1. The average Bonchev–Trinajstić information content (AvgIpc) is 3.08. The minimum Gasteiger partial charge on any atom is -0.325 e. The van der Waals surface area contributed by atoms with E-state index in [1.165, 1.54) is 12.1 Å². The highest BCUT2D eigenvalue weighted by Crippen LogP contribution is 2.24. The van der Waals surface area contributed by atoms with Crippen LogP contribution in [0, 0.1) is 5.82 Å². The van der Waals surface area contributed by atoms with Gasteiger partial charge in [0.1, 0.15) is 5.82 Å². The first-order valence-corrected chi connectivity index (χ1v) is 9.10. The predicted octanol–water partition coefficient (Wildman–Crippen LogP) is 3.58. The van der Waals surface area contributed by atoms with Crippen molar-refractivity contribution in [3.63, 3.8) is 0 Å². The van der Waals surface area contributed by atoms with E-state index in [2.05, 4.69) is 5.32 Å². The van der Waals surface area contributed by atoms with Crippen LogP contribution in [0.4, 0.5) is 15.8 Å². The molecule has 2 aromatic rings. The molecule has 1 N–H and O–H groups in total. The molecule has 1 aliphatic rings. The number of likely N-dealkylation sites (N-methyl/N-ethyl adjacent to an activating group) is 1. The lowest BCUT2D eigenvalue weighted by Gasteiger charge is -2.24. The van der Waals surface area contributed by atoms with Crippen LogP contribution in [-0.4, -0.2) is 36.9 Å². The van der Waals surface area contributed by atoms with Crippen molar-refractivity contribution in [2.24, 2.45) is 0 Å². The first kappa shape index (κ1) is 19.0. The van der Waals surface area contributed by atoms with E-state index in [0.29, 0.717) is 18.7 Å². The molecule has 142 valence electrons. The lowest BCUT2D eigenvalue weighted by molar-refractivity contribution is -0.118. The minimum atomic E-state index is -0.275. The molecule has 1 heterocycles. The Morgan fingerprint density at radius 2 is 2.00 bits per heavy atom. The zero-order chi connectivity index (χ0) is 19.4. The number of carbonyl (C=O) groups excluding carboxylic acids is 2. The van der Waals surface area contributed by atoms with Crippen LogP contribution in [0.3, 0.4) is 0 Å². The van der Waals surface area contributed by atoms with Gasteiger partial charge in [0.2, 0.25) is 11.8 Å². The molecule has 0 saturated carbocycles. The molecule has 1 atom stereocenters. The van der Waals surface area contributed by atoms with Gasteiger partial charge < -0.3 is 10.2 Å². The molecule has 1 unspecified atom stereocenters. The van der Waals surface area contributed by atoms with Crippen molar-refractivity contribution in [3.8, 4) is 0 Å². The van der Waals surface area contributed by atoms with Gasteiger partial charge in [0.15, 0.2) is 0 Å². The predicted molar refractivity (Wildman–Crippen MR) is 104 cm³/mol. The zero-order valence-electron chi connectivity index (χ0n) is 15.6. The van der Waals surface area contributed by atoms with E-state index in [9.17, 15) is 14.0 Å². The van der Waals surface area contributed by atoms with Gasteiger partial charge in [0.05, 0.1) is 6.54 Å². The molecule has 2 amide bonds. The normalized spacial score (nSPS) is 15.3. The molecule has 27 heavy (non-hydrogen) atoms. The molecule has 0 aromatic heterocycles. The molecule has 2 aromatic carbocycles. The second-order valence-corrected chi connectivity index (χ2v) is 6.89. The van der Waals surface area contributed by atoms with Gasteiger partial charge in [0.25, 0.3) is 0 Å². The second kappa shape index (κ2) is 8.31. The van der Waals surface area contributed by atoms with Crippen LogP contribution in [0.25, 0.3) is 0 Å². The fourth-order valence-corrected chi connectivity index (χ4v) is 3.23.